The third-order valence-corrected chi connectivity index (χ3v) is 12.2. The number of fused-ring (bicyclic) bond motifs is 2. The number of allylic oxidation sites excluding steroid dienone is 6. The molecular formula is C29H35N2S6+. The summed E-state index contributed by atoms with van der Waals surface area (Å²) in [6.07, 6.45) is 28.8. The highest BCUT2D eigenvalue weighted by Crippen LogP contribution is 2.46. The normalized spacial score (nSPS) is 21.2. The first-order valence-corrected chi connectivity index (χ1v) is 18.9. The van der Waals surface area contributed by atoms with E-state index >= 15 is 0 Å². The predicted molar refractivity (Wildman–Crippen MR) is 177 cm³/mol. The fourth-order valence-electron chi connectivity index (χ4n) is 4.57. The van der Waals surface area contributed by atoms with Gasteiger partial charge in [0.05, 0.1) is 16.3 Å². The van der Waals surface area contributed by atoms with Crippen molar-refractivity contribution in [1.29, 1.82) is 0 Å². The molecule has 0 bridgehead atoms. The lowest BCUT2D eigenvalue weighted by atomic mass is 10.1. The molecule has 0 saturated carbocycles. The Kier molecular flexibility index (Phi) is 11.0. The van der Waals surface area contributed by atoms with Gasteiger partial charge in [-0.2, -0.15) is 4.57 Å². The van der Waals surface area contributed by atoms with Gasteiger partial charge in [0.2, 0.25) is 5.52 Å². The van der Waals surface area contributed by atoms with E-state index < -0.39 is 0 Å². The van der Waals surface area contributed by atoms with E-state index in [0.29, 0.717) is 11.3 Å². The molecule has 1 saturated heterocycles. The standard InChI is InChI=1S/C29H35N2S6/c1-7-30-20-16-24(32-3)26(34-5)18-22(20)36-28(30)14-12-10-9-11-13-15-29-31(8-2)21-17-25(33-4)27(35-6)19-23(21)37-29/h9-20,22H,7-8H2,1-6H3/q+1. The molecule has 2 unspecified atom stereocenters. The molecule has 0 N–H and O–H groups in total. The minimum atomic E-state index is 0.456. The maximum atomic E-state index is 2.53. The van der Waals surface area contributed by atoms with Crippen LogP contribution in [0.3, 0.4) is 0 Å². The second-order valence-electron chi connectivity index (χ2n) is 8.32. The quantitative estimate of drug-likeness (QED) is 0.151. The summed E-state index contributed by atoms with van der Waals surface area (Å²) < 4.78 is 3.77. The van der Waals surface area contributed by atoms with E-state index in [-0.39, 0.29) is 0 Å². The smallest absolute Gasteiger partial charge is 0.262 e. The van der Waals surface area contributed by atoms with Crippen LogP contribution in [0.15, 0.2) is 85.4 Å². The highest BCUT2D eigenvalue weighted by Gasteiger charge is 2.37. The van der Waals surface area contributed by atoms with Crippen LogP contribution in [0.1, 0.15) is 18.9 Å². The molecule has 1 aromatic carbocycles. The molecule has 0 radical (unpaired) electrons. The van der Waals surface area contributed by atoms with Crippen molar-refractivity contribution in [2.75, 3.05) is 31.6 Å². The average Bonchev–Trinajstić information content (AvgIpc) is 3.45. The Hall–Kier alpha value is -0.900. The third kappa shape index (κ3) is 6.47. The van der Waals surface area contributed by atoms with Crippen molar-refractivity contribution in [3.8, 4) is 0 Å². The Morgan fingerprint density at radius 3 is 2.22 bits per heavy atom. The van der Waals surface area contributed by atoms with Gasteiger partial charge < -0.3 is 4.90 Å². The fraction of sp³-hybridized carbons (Fsp3) is 0.345. The Morgan fingerprint density at radius 2 is 1.54 bits per heavy atom. The molecule has 1 aliphatic heterocycles. The number of thiazole rings is 1. The number of likely N-dealkylation sites (N-methyl/N-ethyl adjacent to an activating group) is 1. The van der Waals surface area contributed by atoms with Gasteiger partial charge in [-0.3, -0.25) is 0 Å². The summed E-state index contributed by atoms with van der Waals surface area (Å²) in [6.45, 7) is 6.48. The summed E-state index contributed by atoms with van der Waals surface area (Å²) in [5.74, 6) is 0. The van der Waals surface area contributed by atoms with Gasteiger partial charge in [-0.1, -0.05) is 59.6 Å². The summed E-state index contributed by atoms with van der Waals surface area (Å²) >= 11 is 11.2. The molecule has 8 heteroatoms. The fourth-order valence-corrected chi connectivity index (χ4v) is 10.4. The van der Waals surface area contributed by atoms with Gasteiger partial charge in [-0.15, -0.1) is 47.0 Å². The van der Waals surface area contributed by atoms with Gasteiger partial charge in [0.1, 0.15) is 11.2 Å². The topological polar surface area (TPSA) is 7.12 Å². The number of aryl methyl sites for hydroxylation is 1. The summed E-state index contributed by atoms with van der Waals surface area (Å²) in [5, 5.41) is 3.15. The molecule has 0 amide bonds. The molecule has 4 rings (SSSR count). The van der Waals surface area contributed by atoms with Crippen LogP contribution >= 0.6 is 70.1 Å². The molecule has 2 heterocycles. The van der Waals surface area contributed by atoms with Crippen LogP contribution in [0.25, 0.3) is 16.3 Å². The van der Waals surface area contributed by atoms with Crippen LogP contribution in [0.5, 0.6) is 0 Å². The maximum Gasteiger partial charge on any atom is 0.262 e. The van der Waals surface area contributed by atoms with Crippen LogP contribution in [0.4, 0.5) is 0 Å². The predicted octanol–water partition coefficient (Wildman–Crippen LogP) is 8.93. The van der Waals surface area contributed by atoms with Crippen LogP contribution < -0.4 is 4.57 Å². The number of aromatic nitrogens is 1. The second kappa shape index (κ2) is 13.9. The van der Waals surface area contributed by atoms with Crippen molar-refractivity contribution in [2.45, 2.75) is 41.5 Å². The maximum absolute atomic E-state index is 2.53. The van der Waals surface area contributed by atoms with E-state index in [4.69, 9.17) is 0 Å². The molecule has 0 spiro atoms. The first-order valence-electron chi connectivity index (χ1n) is 12.3. The van der Waals surface area contributed by atoms with E-state index in [1.807, 2.05) is 70.1 Å². The van der Waals surface area contributed by atoms with Gasteiger partial charge in [0, 0.05) is 38.3 Å². The molecule has 2 aliphatic rings. The molecule has 1 aliphatic carbocycles. The molecule has 2 atom stereocenters. The molecule has 2 nitrogen and oxygen atoms in total. The summed E-state index contributed by atoms with van der Waals surface area (Å²) in [4.78, 5) is 8.08. The molecular weight excluding hydrogens is 569 g/mol. The van der Waals surface area contributed by atoms with Crippen LogP contribution in [-0.2, 0) is 6.54 Å². The van der Waals surface area contributed by atoms with Crippen molar-refractivity contribution in [3.05, 3.63) is 80.6 Å². The number of thioether (sulfide) groups is 5. The lowest BCUT2D eigenvalue weighted by Gasteiger charge is -2.28. The zero-order chi connectivity index (χ0) is 26.4. The molecule has 1 fully saturated rings. The van der Waals surface area contributed by atoms with Crippen LogP contribution in [0.2, 0.25) is 0 Å². The van der Waals surface area contributed by atoms with E-state index in [9.17, 15) is 0 Å². The van der Waals surface area contributed by atoms with Crippen LogP contribution in [0, 0.1) is 0 Å². The van der Waals surface area contributed by atoms with Crippen molar-refractivity contribution in [2.24, 2.45) is 0 Å². The molecule has 1 aromatic heterocycles. The van der Waals surface area contributed by atoms with Gasteiger partial charge in [0.15, 0.2) is 0 Å². The first-order chi connectivity index (χ1) is 18.1. The van der Waals surface area contributed by atoms with Crippen molar-refractivity contribution in [3.63, 3.8) is 0 Å². The number of nitrogens with zero attached hydrogens (tertiary/aromatic N) is 2. The lowest BCUT2D eigenvalue weighted by molar-refractivity contribution is -0.665. The highest BCUT2D eigenvalue weighted by atomic mass is 32.2. The number of benzene rings is 1. The first kappa shape index (κ1) is 29.1. The van der Waals surface area contributed by atoms with Gasteiger partial charge in [-0.25, -0.2) is 0 Å². The minimum absolute atomic E-state index is 0.456. The largest absolute Gasteiger partial charge is 0.359 e. The molecule has 2 aromatic rings. The Bertz CT molecular complexity index is 1300. The number of hydrogen-bond donors (Lipinski definition) is 0. The van der Waals surface area contributed by atoms with Crippen molar-refractivity contribution < 1.29 is 4.57 Å². The lowest BCUT2D eigenvalue weighted by Crippen LogP contribution is -2.33. The molecule has 196 valence electrons. The monoisotopic (exact) mass is 603 g/mol. The van der Waals surface area contributed by atoms with Gasteiger partial charge in [0.25, 0.3) is 5.01 Å². The van der Waals surface area contributed by atoms with E-state index in [1.54, 1.807) is 0 Å². The minimum Gasteiger partial charge on any atom is -0.359 e. The van der Waals surface area contributed by atoms with E-state index in [2.05, 4.69) is 115 Å². The highest BCUT2D eigenvalue weighted by molar-refractivity contribution is 8.08. The van der Waals surface area contributed by atoms with E-state index in [1.165, 1.54) is 39.9 Å². The zero-order valence-electron chi connectivity index (χ0n) is 22.3. The van der Waals surface area contributed by atoms with Crippen LogP contribution in [-0.4, -0.2) is 47.8 Å². The summed E-state index contributed by atoms with van der Waals surface area (Å²) in [7, 11) is 0. The van der Waals surface area contributed by atoms with Gasteiger partial charge >= 0.3 is 0 Å². The third-order valence-electron chi connectivity index (χ3n) is 6.37. The van der Waals surface area contributed by atoms with Crippen molar-refractivity contribution >= 4 is 86.4 Å². The second-order valence-corrected chi connectivity index (χ2v) is 14.0. The summed E-state index contributed by atoms with van der Waals surface area (Å²) in [5.41, 5.74) is 1.33. The SMILES string of the molecule is CCN1C(=CC=CC=CC=Cc2sc3cc(SC)c(SC)cc3[n+]2CC)SC2C=C(SC)C(SC)=CC21. The van der Waals surface area contributed by atoms with Gasteiger partial charge in [-0.05, 0) is 57.1 Å². The van der Waals surface area contributed by atoms with E-state index in [0.717, 1.165) is 13.1 Å². The molecule has 37 heavy (non-hydrogen) atoms. The number of rotatable bonds is 10. The Labute approximate surface area is 247 Å². The Morgan fingerprint density at radius 1 is 0.865 bits per heavy atom. The van der Waals surface area contributed by atoms with Crippen molar-refractivity contribution in [1.82, 2.24) is 4.90 Å². The zero-order valence-corrected chi connectivity index (χ0v) is 27.2. The summed E-state index contributed by atoms with van der Waals surface area (Å²) in [6, 6.07) is 5.15. The average molecular weight is 604 g/mol. The Balaban J connectivity index is 1.44. The number of hydrogen-bond acceptors (Lipinski definition) is 7.